The summed E-state index contributed by atoms with van der Waals surface area (Å²) in [7, 11) is 0. The topological polar surface area (TPSA) is 49.2 Å². The van der Waals surface area contributed by atoms with E-state index in [9.17, 15) is 5.11 Å². The molecule has 1 aliphatic heterocycles. The molecule has 1 saturated heterocycles. The first-order chi connectivity index (χ1) is 6.97. The van der Waals surface area contributed by atoms with Crippen LogP contribution in [0.15, 0.2) is 0 Å². The Balaban J connectivity index is 2.14. The van der Waals surface area contributed by atoms with Crippen LogP contribution in [0.5, 0.6) is 0 Å². The highest BCUT2D eigenvalue weighted by Gasteiger charge is 2.25. The molecular formula is C10H17N3OS. The molecule has 1 fully saturated rings. The molecule has 0 aromatic carbocycles. The van der Waals surface area contributed by atoms with Gasteiger partial charge in [0, 0.05) is 30.0 Å². The van der Waals surface area contributed by atoms with Crippen LogP contribution in [0.2, 0.25) is 0 Å². The molecule has 84 valence electrons. The molecule has 0 radical (unpaired) electrons. The van der Waals surface area contributed by atoms with Crippen LogP contribution in [0.4, 0.5) is 5.13 Å². The predicted molar refractivity (Wildman–Crippen MR) is 61.4 cm³/mol. The first-order valence-electron chi connectivity index (χ1n) is 5.24. The monoisotopic (exact) mass is 227 g/mol. The first kappa shape index (κ1) is 10.8. The van der Waals surface area contributed by atoms with Gasteiger partial charge in [0.05, 0.1) is 6.10 Å². The Kier molecular flexibility index (Phi) is 2.68. The second kappa shape index (κ2) is 3.72. The maximum atomic E-state index is 9.44. The van der Waals surface area contributed by atoms with E-state index in [4.69, 9.17) is 0 Å². The number of nitrogens with zero attached hydrogens (tertiary/aromatic N) is 3. The fraction of sp³-hybridized carbons (Fsp3) is 0.800. The van der Waals surface area contributed by atoms with E-state index in [2.05, 4.69) is 35.0 Å². The Morgan fingerprint density at radius 2 is 2.20 bits per heavy atom. The van der Waals surface area contributed by atoms with Crippen LogP contribution in [0.25, 0.3) is 0 Å². The molecule has 1 aromatic heterocycles. The number of anilines is 1. The van der Waals surface area contributed by atoms with Gasteiger partial charge < -0.3 is 10.0 Å². The smallest absolute Gasteiger partial charge is 0.205 e. The van der Waals surface area contributed by atoms with Gasteiger partial charge in [0.2, 0.25) is 5.13 Å². The van der Waals surface area contributed by atoms with E-state index in [0.717, 1.165) is 23.9 Å². The molecule has 0 unspecified atom stereocenters. The maximum Gasteiger partial charge on any atom is 0.205 e. The minimum Gasteiger partial charge on any atom is -0.391 e. The highest BCUT2D eigenvalue weighted by atomic mass is 32.1. The number of rotatable bonds is 1. The standard InChI is InChI=1S/C10H17N3OS/c1-10(2,3)8-11-9(15-12-8)13-5-4-7(14)6-13/h7,14H,4-6H2,1-3H3/t7-/m0/s1. The quantitative estimate of drug-likeness (QED) is 0.788. The van der Waals surface area contributed by atoms with Gasteiger partial charge in [-0.3, -0.25) is 0 Å². The van der Waals surface area contributed by atoms with Crippen LogP contribution in [0.1, 0.15) is 33.0 Å². The molecule has 15 heavy (non-hydrogen) atoms. The number of aliphatic hydroxyl groups is 1. The SMILES string of the molecule is CC(C)(C)c1nsc(N2CC[C@H](O)C2)n1. The zero-order valence-corrected chi connectivity index (χ0v) is 10.2. The number of aromatic nitrogens is 2. The van der Waals surface area contributed by atoms with Crippen molar-refractivity contribution in [3.8, 4) is 0 Å². The molecule has 2 heterocycles. The first-order valence-corrected chi connectivity index (χ1v) is 6.01. The molecule has 5 heteroatoms. The van der Waals surface area contributed by atoms with E-state index in [-0.39, 0.29) is 11.5 Å². The van der Waals surface area contributed by atoms with Crippen molar-refractivity contribution < 1.29 is 5.11 Å². The normalized spacial score (nSPS) is 22.4. The number of hydrogen-bond donors (Lipinski definition) is 1. The Bertz CT molecular complexity index is 345. The van der Waals surface area contributed by atoms with Crippen molar-refractivity contribution in [3.05, 3.63) is 5.82 Å². The van der Waals surface area contributed by atoms with E-state index in [0.29, 0.717) is 6.54 Å². The van der Waals surface area contributed by atoms with Gasteiger partial charge in [0.1, 0.15) is 5.82 Å². The van der Waals surface area contributed by atoms with Crippen molar-refractivity contribution in [3.63, 3.8) is 0 Å². The average molecular weight is 227 g/mol. The summed E-state index contributed by atoms with van der Waals surface area (Å²) in [6.45, 7) is 7.91. The highest BCUT2D eigenvalue weighted by molar-refractivity contribution is 7.09. The molecule has 0 bridgehead atoms. The maximum absolute atomic E-state index is 9.44. The molecule has 2 rings (SSSR count). The van der Waals surface area contributed by atoms with Gasteiger partial charge in [-0.1, -0.05) is 20.8 Å². The summed E-state index contributed by atoms with van der Waals surface area (Å²) in [5.74, 6) is 0.892. The Hall–Kier alpha value is -0.680. The molecule has 0 amide bonds. The molecule has 0 spiro atoms. The Morgan fingerprint density at radius 1 is 1.47 bits per heavy atom. The van der Waals surface area contributed by atoms with Crippen molar-refractivity contribution in [2.24, 2.45) is 0 Å². The fourth-order valence-corrected chi connectivity index (χ4v) is 2.46. The van der Waals surface area contributed by atoms with Crippen LogP contribution in [-0.4, -0.2) is 33.7 Å². The molecule has 1 aromatic rings. The lowest BCUT2D eigenvalue weighted by atomic mass is 9.96. The van der Waals surface area contributed by atoms with Crippen molar-refractivity contribution >= 4 is 16.7 Å². The van der Waals surface area contributed by atoms with Gasteiger partial charge in [-0.05, 0) is 6.42 Å². The highest BCUT2D eigenvalue weighted by Crippen LogP contribution is 2.27. The number of hydrogen-bond acceptors (Lipinski definition) is 5. The van der Waals surface area contributed by atoms with Crippen molar-refractivity contribution in [2.45, 2.75) is 38.7 Å². The van der Waals surface area contributed by atoms with Crippen molar-refractivity contribution in [1.82, 2.24) is 9.36 Å². The Morgan fingerprint density at radius 3 is 2.67 bits per heavy atom. The zero-order chi connectivity index (χ0) is 11.1. The van der Waals surface area contributed by atoms with E-state index in [1.165, 1.54) is 11.5 Å². The van der Waals surface area contributed by atoms with Gasteiger partial charge in [-0.2, -0.15) is 4.37 Å². The summed E-state index contributed by atoms with van der Waals surface area (Å²) in [5, 5.41) is 10.4. The Labute approximate surface area is 94.1 Å². The van der Waals surface area contributed by atoms with Crippen LogP contribution in [-0.2, 0) is 5.41 Å². The molecular weight excluding hydrogens is 210 g/mol. The minimum atomic E-state index is -0.202. The molecule has 1 aliphatic rings. The van der Waals surface area contributed by atoms with Crippen LogP contribution >= 0.6 is 11.5 Å². The average Bonchev–Trinajstić information content (AvgIpc) is 2.69. The molecule has 0 aliphatic carbocycles. The number of aliphatic hydroxyl groups excluding tert-OH is 1. The molecule has 4 nitrogen and oxygen atoms in total. The summed E-state index contributed by atoms with van der Waals surface area (Å²) < 4.78 is 4.36. The summed E-state index contributed by atoms with van der Waals surface area (Å²) in [5.41, 5.74) is 0.00703. The summed E-state index contributed by atoms with van der Waals surface area (Å²) in [6.07, 6.45) is 0.636. The fourth-order valence-electron chi connectivity index (χ4n) is 1.56. The third-order valence-corrected chi connectivity index (χ3v) is 3.30. The van der Waals surface area contributed by atoms with Crippen molar-refractivity contribution in [1.29, 1.82) is 0 Å². The lowest BCUT2D eigenvalue weighted by molar-refractivity contribution is 0.198. The molecule has 1 atom stereocenters. The van der Waals surface area contributed by atoms with Gasteiger partial charge in [0.25, 0.3) is 0 Å². The molecule has 1 N–H and O–H groups in total. The van der Waals surface area contributed by atoms with Crippen LogP contribution < -0.4 is 4.90 Å². The third kappa shape index (κ3) is 2.29. The lowest BCUT2D eigenvalue weighted by Crippen LogP contribution is -2.21. The predicted octanol–water partition coefficient (Wildman–Crippen LogP) is 1.41. The van der Waals surface area contributed by atoms with Crippen LogP contribution in [0.3, 0.4) is 0 Å². The summed E-state index contributed by atoms with van der Waals surface area (Å²) in [4.78, 5) is 6.63. The zero-order valence-electron chi connectivity index (χ0n) is 9.40. The summed E-state index contributed by atoms with van der Waals surface area (Å²) in [6, 6.07) is 0. The lowest BCUT2D eigenvalue weighted by Gasteiger charge is -2.14. The van der Waals surface area contributed by atoms with E-state index in [1.54, 1.807) is 0 Å². The van der Waals surface area contributed by atoms with Crippen LogP contribution in [0, 0.1) is 0 Å². The second-order valence-electron chi connectivity index (χ2n) is 5.04. The van der Waals surface area contributed by atoms with Gasteiger partial charge >= 0.3 is 0 Å². The summed E-state index contributed by atoms with van der Waals surface area (Å²) >= 11 is 1.43. The molecule has 0 saturated carbocycles. The van der Waals surface area contributed by atoms with Gasteiger partial charge in [0.15, 0.2) is 0 Å². The van der Waals surface area contributed by atoms with Crippen molar-refractivity contribution in [2.75, 3.05) is 18.0 Å². The van der Waals surface area contributed by atoms with E-state index in [1.807, 2.05) is 0 Å². The third-order valence-electron chi connectivity index (χ3n) is 2.52. The van der Waals surface area contributed by atoms with E-state index < -0.39 is 0 Å². The largest absolute Gasteiger partial charge is 0.391 e. The second-order valence-corrected chi connectivity index (χ2v) is 5.77. The minimum absolute atomic E-state index is 0.00703. The van der Waals surface area contributed by atoms with Gasteiger partial charge in [-0.25, -0.2) is 4.98 Å². The van der Waals surface area contributed by atoms with E-state index >= 15 is 0 Å². The number of β-amino-alcohol motifs (C(OH)–C–C–N with tert-alkyl or cyclic N) is 1. The van der Waals surface area contributed by atoms with Gasteiger partial charge in [-0.15, -0.1) is 0 Å².